The predicted molar refractivity (Wildman–Crippen MR) is 125 cm³/mol. The third-order valence-corrected chi connectivity index (χ3v) is 6.04. The van der Waals surface area contributed by atoms with E-state index in [1.165, 1.54) is 4.90 Å². The lowest BCUT2D eigenvalue weighted by Crippen LogP contribution is -2.34. The molecule has 0 bridgehead atoms. The van der Waals surface area contributed by atoms with E-state index in [4.69, 9.17) is 38.0 Å². The second kappa shape index (κ2) is 10.7. The Bertz CT molecular complexity index is 1040. The number of halogens is 1. The molecule has 1 heterocycles. The average molecular weight is 478 g/mol. The van der Waals surface area contributed by atoms with Crippen molar-refractivity contribution in [2.24, 2.45) is 0 Å². The molecule has 1 amide bonds. The number of amides is 1. The van der Waals surface area contributed by atoms with Crippen LogP contribution in [0, 0.1) is 0 Å². The molecule has 2 aromatic rings. The van der Waals surface area contributed by atoms with Crippen LogP contribution < -0.4 is 9.47 Å². The van der Waals surface area contributed by atoms with Crippen molar-refractivity contribution in [3.63, 3.8) is 0 Å². The van der Waals surface area contributed by atoms with Gasteiger partial charge in [-0.05, 0) is 36.8 Å². The molecule has 9 heteroatoms. The fourth-order valence-corrected chi connectivity index (χ4v) is 4.23. The highest BCUT2D eigenvalue weighted by Gasteiger charge is 2.33. The van der Waals surface area contributed by atoms with E-state index in [-0.39, 0.29) is 19.1 Å². The molecule has 1 aliphatic rings. The molecule has 31 heavy (non-hydrogen) atoms. The molecule has 162 valence electrons. The Labute approximate surface area is 195 Å². The summed E-state index contributed by atoms with van der Waals surface area (Å²) in [7, 11) is 1.54. The number of rotatable bonds is 8. The Hall–Kier alpha value is -2.55. The summed E-state index contributed by atoms with van der Waals surface area (Å²) in [5.74, 6) is 0.236. The van der Waals surface area contributed by atoms with E-state index in [0.717, 1.165) is 22.9 Å². The molecule has 2 aromatic carbocycles. The van der Waals surface area contributed by atoms with Crippen molar-refractivity contribution in [3.05, 3.63) is 63.5 Å². The lowest BCUT2D eigenvalue weighted by molar-refractivity contribution is -0.145. The van der Waals surface area contributed by atoms with Crippen LogP contribution in [0.25, 0.3) is 6.08 Å². The smallest absolute Gasteiger partial charge is 0.326 e. The molecule has 0 aliphatic carbocycles. The summed E-state index contributed by atoms with van der Waals surface area (Å²) >= 11 is 12.6. The fourth-order valence-electron chi connectivity index (χ4n) is 2.79. The Morgan fingerprint density at radius 1 is 1.23 bits per heavy atom. The quantitative estimate of drug-likeness (QED) is 0.310. The molecule has 6 nitrogen and oxygen atoms in total. The predicted octanol–water partition coefficient (Wildman–Crippen LogP) is 4.69. The highest BCUT2D eigenvalue weighted by atomic mass is 35.5. The van der Waals surface area contributed by atoms with E-state index in [9.17, 15) is 9.59 Å². The molecule has 0 unspecified atom stereocenters. The first-order chi connectivity index (χ1) is 14.9. The number of nitrogens with zero attached hydrogens (tertiary/aromatic N) is 1. The zero-order valence-electron chi connectivity index (χ0n) is 16.9. The Kier molecular flexibility index (Phi) is 7.95. The standard InChI is InChI=1S/C22H20ClNO5S2/c1-3-28-20(25)12-24-21(26)19(31-22(24)30)11-14-8-9-17(18(10-14)27-2)29-13-15-6-4-5-7-16(15)23/h4-11H,3,12-13H2,1-2H3. The minimum atomic E-state index is -0.498. The van der Waals surface area contributed by atoms with E-state index < -0.39 is 5.97 Å². The Morgan fingerprint density at radius 3 is 2.71 bits per heavy atom. The van der Waals surface area contributed by atoms with Crippen molar-refractivity contribution in [2.45, 2.75) is 13.5 Å². The van der Waals surface area contributed by atoms with Crippen LogP contribution in [0.15, 0.2) is 47.4 Å². The molecule has 0 atom stereocenters. The van der Waals surface area contributed by atoms with E-state index in [1.807, 2.05) is 24.3 Å². The van der Waals surface area contributed by atoms with Gasteiger partial charge < -0.3 is 14.2 Å². The second-order valence-electron chi connectivity index (χ2n) is 6.36. The van der Waals surface area contributed by atoms with Crippen molar-refractivity contribution >= 4 is 57.9 Å². The zero-order valence-corrected chi connectivity index (χ0v) is 19.3. The van der Waals surface area contributed by atoms with Gasteiger partial charge >= 0.3 is 5.97 Å². The number of thioether (sulfide) groups is 1. The Morgan fingerprint density at radius 2 is 2.00 bits per heavy atom. The largest absolute Gasteiger partial charge is 0.493 e. The molecule has 0 saturated carbocycles. The number of ether oxygens (including phenoxy) is 3. The highest BCUT2D eigenvalue weighted by molar-refractivity contribution is 8.26. The number of benzene rings is 2. The minimum Gasteiger partial charge on any atom is -0.493 e. The van der Waals surface area contributed by atoms with E-state index in [0.29, 0.717) is 32.4 Å². The molecule has 1 fully saturated rings. The minimum absolute atomic E-state index is 0.200. The van der Waals surface area contributed by atoms with Gasteiger partial charge in [0, 0.05) is 10.6 Å². The monoisotopic (exact) mass is 477 g/mol. The summed E-state index contributed by atoms with van der Waals surface area (Å²) in [6.07, 6.45) is 1.70. The number of esters is 1. The van der Waals surface area contributed by atoms with Crippen molar-refractivity contribution in [2.75, 3.05) is 20.3 Å². The summed E-state index contributed by atoms with van der Waals surface area (Å²) in [4.78, 5) is 26.0. The SMILES string of the molecule is CCOC(=O)CN1C(=O)C(=Cc2ccc(OCc3ccccc3Cl)c(OC)c2)SC1=S. The van der Waals surface area contributed by atoms with Crippen molar-refractivity contribution < 1.29 is 23.8 Å². The first-order valence-electron chi connectivity index (χ1n) is 9.38. The van der Waals surface area contributed by atoms with E-state index in [2.05, 4.69) is 0 Å². The molecule has 0 N–H and O–H groups in total. The van der Waals surface area contributed by atoms with Crippen LogP contribution >= 0.6 is 35.6 Å². The summed E-state index contributed by atoms with van der Waals surface area (Å²) in [5, 5.41) is 0.628. The normalized spacial score (nSPS) is 14.8. The summed E-state index contributed by atoms with van der Waals surface area (Å²) in [6.45, 7) is 2.04. The zero-order chi connectivity index (χ0) is 22.4. The maximum Gasteiger partial charge on any atom is 0.326 e. The fraction of sp³-hybridized carbons (Fsp3) is 0.227. The van der Waals surface area contributed by atoms with Crippen LogP contribution in [0.5, 0.6) is 11.5 Å². The van der Waals surface area contributed by atoms with Gasteiger partial charge in [0.15, 0.2) is 11.5 Å². The first-order valence-corrected chi connectivity index (χ1v) is 11.0. The molecule has 0 aromatic heterocycles. The van der Waals surface area contributed by atoms with Crippen LogP contribution in [0.2, 0.25) is 5.02 Å². The summed E-state index contributed by atoms with van der Waals surface area (Å²) < 4.78 is 16.5. The van der Waals surface area contributed by atoms with Crippen LogP contribution in [0.4, 0.5) is 0 Å². The van der Waals surface area contributed by atoms with Gasteiger partial charge in [-0.3, -0.25) is 14.5 Å². The van der Waals surface area contributed by atoms with Gasteiger partial charge in [0.05, 0.1) is 18.6 Å². The van der Waals surface area contributed by atoms with Gasteiger partial charge in [0.25, 0.3) is 5.91 Å². The number of thiocarbonyl (C=S) groups is 1. The van der Waals surface area contributed by atoms with Gasteiger partial charge in [-0.15, -0.1) is 0 Å². The van der Waals surface area contributed by atoms with Crippen LogP contribution in [0.3, 0.4) is 0 Å². The van der Waals surface area contributed by atoms with Crippen LogP contribution in [-0.2, 0) is 20.9 Å². The number of hydrogen-bond donors (Lipinski definition) is 0. The summed E-state index contributed by atoms with van der Waals surface area (Å²) in [5.41, 5.74) is 1.60. The number of carbonyl (C=O) groups excluding carboxylic acids is 2. The Balaban J connectivity index is 1.74. The molecular formula is C22H20ClNO5S2. The lowest BCUT2D eigenvalue weighted by atomic mass is 10.1. The molecular weight excluding hydrogens is 458 g/mol. The average Bonchev–Trinajstić information content (AvgIpc) is 3.01. The van der Waals surface area contributed by atoms with Crippen molar-refractivity contribution in [1.82, 2.24) is 4.90 Å². The van der Waals surface area contributed by atoms with Crippen molar-refractivity contribution in [3.8, 4) is 11.5 Å². The lowest BCUT2D eigenvalue weighted by Gasteiger charge is -2.13. The number of hydrogen-bond acceptors (Lipinski definition) is 7. The van der Waals surface area contributed by atoms with Gasteiger partial charge in [0.2, 0.25) is 0 Å². The first kappa shape index (κ1) is 23.1. The van der Waals surface area contributed by atoms with Gasteiger partial charge in [-0.2, -0.15) is 0 Å². The highest BCUT2D eigenvalue weighted by Crippen LogP contribution is 2.35. The maximum atomic E-state index is 12.6. The summed E-state index contributed by atoms with van der Waals surface area (Å²) in [6, 6.07) is 12.8. The topological polar surface area (TPSA) is 65.1 Å². The van der Waals surface area contributed by atoms with E-state index in [1.54, 1.807) is 38.3 Å². The molecule has 0 spiro atoms. The molecule has 1 aliphatic heterocycles. The molecule has 3 rings (SSSR count). The van der Waals surface area contributed by atoms with Gasteiger partial charge in [0.1, 0.15) is 17.5 Å². The number of carbonyl (C=O) groups is 2. The van der Waals surface area contributed by atoms with Crippen molar-refractivity contribution in [1.29, 1.82) is 0 Å². The molecule has 0 radical (unpaired) electrons. The van der Waals surface area contributed by atoms with Gasteiger partial charge in [-0.1, -0.05) is 59.8 Å². The third-order valence-electron chi connectivity index (χ3n) is 4.29. The van der Waals surface area contributed by atoms with Gasteiger partial charge in [-0.25, -0.2) is 0 Å². The van der Waals surface area contributed by atoms with Crippen LogP contribution in [-0.4, -0.2) is 41.4 Å². The van der Waals surface area contributed by atoms with Crippen LogP contribution in [0.1, 0.15) is 18.1 Å². The second-order valence-corrected chi connectivity index (χ2v) is 8.45. The maximum absolute atomic E-state index is 12.6. The van der Waals surface area contributed by atoms with E-state index >= 15 is 0 Å². The number of methoxy groups -OCH3 is 1. The third kappa shape index (κ3) is 5.78. The molecule has 1 saturated heterocycles.